The van der Waals surface area contributed by atoms with Gasteiger partial charge in [-0.1, -0.05) is 0 Å². The third-order valence-electron chi connectivity index (χ3n) is 4.17. The molecule has 0 aliphatic rings. The summed E-state index contributed by atoms with van der Waals surface area (Å²) < 4.78 is 0. The number of carbonyl (C=O) groups is 1. The van der Waals surface area contributed by atoms with Gasteiger partial charge < -0.3 is 0 Å². The van der Waals surface area contributed by atoms with Crippen molar-refractivity contribution in [3.05, 3.63) is 0 Å². The van der Waals surface area contributed by atoms with Gasteiger partial charge in [0.25, 0.3) is 0 Å². The van der Waals surface area contributed by atoms with E-state index in [-0.39, 0.29) is 0 Å². The van der Waals surface area contributed by atoms with Crippen LogP contribution < -0.4 is 0 Å². The molecule has 0 bridgehead atoms. The summed E-state index contributed by atoms with van der Waals surface area (Å²) in [5.41, 5.74) is 0. The second-order valence-corrected chi connectivity index (χ2v) is 11.2. The van der Waals surface area contributed by atoms with Gasteiger partial charge in [0.05, 0.1) is 0 Å². The molecule has 0 amide bonds. The standard InChI is InChI=1S/C10H23OP/c1-5-12(6-2,7-3,8-4)10-9-11/h9H,5-8,10H2,1-4H3. The van der Waals surface area contributed by atoms with Crippen molar-refractivity contribution in [3.8, 4) is 0 Å². The first-order valence-electron chi connectivity index (χ1n) is 5.05. The summed E-state index contributed by atoms with van der Waals surface area (Å²) in [7, 11) is 0. The summed E-state index contributed by atoms with van der Waals surface area (Å²) >= 11 is 0. The van der Waals surface area contributed by atoms with Crippen LogP contribution in [0.25, 0.3) is 0 Å². The molecular formula is C10H23OP. The third kappa shape index (κ3) is 1.88. The second kappa shape index (κ2) is 4.37. The molecular weight excluding hydrogens is 167 g/mol. The molecule has 12 heavy (non-hydrogen) atoms. The van der Waals surface area contributed by atoms with Crippen LogP contribution in [0.5, 0.6) is 0 Å². The molecule has 0 saturated heterocycles. The number of aldehydes is 1. The fourth-order valence-electron chi connectivity index (χ4n) is 2.07. The van der Waals surface area contributed by atoms with Crippen molar-refractivity contribution in [2.75, 3.05) is 30.8 Å². The third-order valence-corrected chi connectivity index (χ3v) is 12.5. The molecule has 74 valence electrons. The van der Waals surface area contributed by atoms with Crippen molar-refractivity contribution >= 4 is 12.9 Å². The average molecular weight is 190 g/mol. The maximum absolute atomic E-state index is 10.7. The van der Waals surface area contributed by atoms with Crippen LogP contribution in [0.1, 0.15) is 27.7 Å². The van der Waals surface area contributed by atoms with Gasteiger partial charge in [-0.3, -0.25) is 0 Å². The Kier molecular flexibility index (Phi) is 4.40. The Morgan fingerprint density at radius 1 is 0.917 bits per heavy atom. The van der Waals surface area contributed by atoms with Crippen LogP contribution in [-0.2, 0) is 4.79 Å². The van der Waals surface area contributed by atoms with Crippen LogP contribution in [0.3, 0.4) is 0 Å². The molecule has 0 aromatic rings. The Balaban J connectivity index is 4.82. The molecule has 0 aromatic carbocycles. The van der Waals surface area contributed by atoms with Crippen LogP contribution in [0.15, 0.2) is 0 Å². The molecule has 0 N–H and O–H groups in total. The van der Waals surface area contributed by atoms with Crippen molar-refractivity contribution in [1.82, 2.24) is 0 Å². The number of hydrogen-bond donors (Lipinski definition) is 0. The summed E-state index contributed by atoms with van der Waals surface area (Å²) in [6, 6.07) is 0. The minimum absolute atomic E-state index is 0.853. The Labute approximate surface area is 76.9 Å². The van der Waals surface area contributed by atoms with Crippen molar-refractivity contribution in [3.63, 3.8) is 0 Å². The molecule has 0 saturated carbocycles. The van der Waals surface area contributed by atoms with E-state index >= 15 is 0 Å². The quantitative estimate of drug-likeness (QED) is 0.465. The average Bonchev–Trinajstić information content (AvgIpc) is 2.16. The fourth-order valence-corrected chi connectivity index (χ4v) is 6.21. The summed E-state index contributed by atoms with van der Waals surface area (Å²) in [6.45, 7) is 7.47. The molecule has 0 radical (unpaired) electrons. The summed E-state index contributed by atoms with van der Waals surface area (Å²) in [4.78, 5) is 10.7. The monoisotopic (exact) mass is 190 g/mol. The van der Waals surface area contributed by atoms with Gasteiger partial charge in [-0.25, -0.2) is 0 Å². The van der Waals surface area contributed by atoms with E-state index in [1.807, 2.05) is 0 Å². The predicted octanol–water partition coefficient (Wildman–Crippen LogP) is 2.82. The zero-order chi connectivity index (χ0) is 9.69. The second-order valence-electron chi connectivity index (χ2n) is 3.85. The van der Waals surface area contributed by atoms with E-state index in [9.17, 15) is 4.79 Å². The Morgan fingerprint density at radius 3 is 1.33 bits per heavy atom. The Bertz CT molecular complexity index is 126. The van der Waals surface area contributed by atoms with Crippen molar-refractivity contribution in [2.45, 2.75) is 27.7 Å². The van der Waals surface area contributed by atoms with Gasteiger partial charge in [-0.05, 0) is 0 Å². The summed E-state index contributed by atoms with van der Waals surface area (Å²) in [6.07, 6.45) is 6.98. The molecule has 0 spiro atoms. The molecule has 2 heteroatoms. The van der Waals surface area contributed by atoms with Gasteiger partial charge in [-0.15, -0.1) is 0 Å². The van der Waals surface area contributed by atoms with Gasteiger partial charge in [-0.2, -0.15) is 0 Å². The first kappa shape index (κ1) is 12.1. The zero-order valence-electron chi connectivity index (χ0n) is 8.97. The van der Waals surface area contributed by atoms with E-state index in [0.717, 1.165) is 12.4 Å². The van der Waals surface area contributed by atoms with Crippen LogP contribution in [-0.4, -0.2) is 37.1 Å². The molecule has 0 aromatic heterocycles. The molecule has 0 rings (SSSR count). The molecule has 0 unspecified atom stereocenters. The van der Waals surface area contributed by atoms with Crippen LogP contribution in [0, 0.1) is 0 Å². The van der Waals surface area contributed by atoms with Crippen molar-refractivity contribution in [1.29, 1.82) is 0 Å². The van der Waals surface area contributed by atoms with E-state index < -0.39 is 6.60 Å². The molecule has 0 heterocycles. The summed E-state index contributed by atoms with van der Waals surface area (Å²) in [5.74, 6) is 0. The molecule has 0 aliphatic heterocycles. The normalized spacial score (nSPS) is 15.2. The molecule has 0 aliphatic carbocycles. The van der Waals surface area contributed by atoms with E-state index in [1.54, 1.807) is 0 Å². The van der Waals surface area contributed by atoms with E-state index in [4.69, 9.17) is 0 Å². The van der Waals surface area contributed by atoms with Crippen molar-refractivity contribution < 1.29 is 4.79 Å². The van der Waals surface area contributed by atoms with Gasteiger partial charge >= 0.3 is 76.2 Å². The topological polar surface area (TPSA) is 17.1 Å². The molecule has 0 atom stereocenters. The van der Waals surface area contributed by atoms with Crippen LogP contribution >= 0.6 is 6.60 Å². The van der Waals surface area contributed by atoms with Gasteiger partial charge in [0.2, 0.25) is 0 Å². The van der Waals surface area contributed by atoms with E-state index in [0.29, 0.717) is 0 Å². The summed E-state index contributed by atoms with van der Waals surface area (Å²) in [5, 5.41) is 0. The molecule has 0 fully saturated rings. The first-order valence-corrected chi connectivity index (χ1v) is 8.22. The van der Waals surface area contributed by atoms with E-state index in [2.05, 4.69) is 27.7 Å². The number of carbonyl (C=O) groups excluding carboxylic acids is 1. The van der Waals surface area contributed by atoms with Gasteiger partial charge in [0.1, 0.15) is 0 Å². The predicted molar refractivity (Wildman–Crippen MR) is 60.0 cm³/mol. The number of rotatable bonds is 6. The Morgan fingerprint density at radius 2 is 1.25 bits per heavy atom. The van der Waals surface area contributed by atoms with Gasteiger partial charge in [0, 0.05) is 0 Å². The molecule has 1 nitrogen and oxygen atoms in total. The number of hydrogen-bond acceptors (Lipinski definition) is 1. The minimum atomic E-state index is -1.58. The van der Waals surface area contributed by atoms with Crippen molar-refractivity contribution in [2.24, 2.45) is 0 Å². The first-order chi connectivity index (χ1) is 5.62. The van der Waals surface area contributed by atoms with Crippen LogP contribution in [0.4, 0.5) is 0 Å². The SMILES string of the molecule is CCP(CC)(CC)(CC)CC=O. The van der Waals surface area contributed by atoms with Crippen LogP contribution in [0.2, 0.25) is 0 Å². The maximum atomic E-state index is 10.7. The zero-order valence-corrected chi connectivity index (χ0v) is 9.86. The van der Waals surface area contributed by atoms with Gasteiger partial charge in [0.15, 0.2) is 0 Å². The Hall–Kier alpha value is 0.100. The van der Waals surface area contributed by atoms with E-state index in [1.165, 1.54) is 24.6 Å². The fraction of sp³-hybridized carbons (Fsp3) is 0.900.